The summed E-state index contributed by atoms with van der Waals surface area (Å²) in [6.45, 7) is 1.88. The monoisotopic (exact) mass is 446 g/mol. The molecule has 1 saturated carbocycles. The second-order valence-corrected chi connectivity index (χ2v) is 10.1. The van der Waals surface area contributed by atoms with Crippen molar-refractivity contribution in [3.8, 4) is 17.0 Å². The van der Waals surface area contributed by atoms with Crippen LogP contribution < -0.4 is 10.1 Å². The molecule has 1 aliphatic rings. The van der Waals surface area contributed by atoms with E-state index in [2.05, 4.69) is 15.3 Å². The van der Waals surface area contributed by atoms with Crippen molar-refractivity contribution < 1.29 is 14.2 Å². The van der Waals surface area contributed by atoms with Crippen molar-refractivity contribution in [2.45, 2.75) is 49.5 Å². The number of rotatable bonds is 5. The average molecular weight is 446 g/mol. The first kappa shape index (κ1) is 21.8. The quantitative estimate of drug-likeness (QED) is 0.385. The standard InChI is InChI=1S/C21H26B3FN6O2/c1-20(32)6-4-12(5-7-20)28-19-29-17-16(18(30-19)33-21(22,23)24)13(8-27-17)11-2-3-15-26-9-14(25)31(15)10-11/h2-3,8-10,12,32H,4-7,22-24H2,1H3,(H2,27,28,29,30)/t12-,20+. The first-order chi connectivity index (χ1) is 15.6. The summed E-state index contributed by atoms with van der Waals surface area (Å²) in [5, 5.41) is 13.9. The maximum atomic E-state index is 14.1. The van der Waals surface area contributed by atoms with E-state index in [4.69, 9.17) is 14.7 Å². The molecule has 8 nitrogen and oxygen atoms in total. The molecule has 168 valence electrons. The van der Waals surface area contributed by atoms with Crippen LogP contribution in [0.2, 0.25) is 0 Å². The van der Waals surface area contributed by atoms with Crippen LogP contribution in [0.15, 0.2) is 30.7 Å². The van der Waals surface area contributed by atoms with Gasteiger partial charge in [0.25, 0.3) is 0 Å². The fourth-order valence-corrected chi connectivity index (χ4v) is 4.33. The topological polar surface area (TPSA) is 100 Å². The number of aromatic nitrogens is 5. The number of nitrogens with one attached hydrogen (secondary N) is 2. The van der Waals surface area contributed by atoms with Crippen molar-refractivity contribution in [1.29, 1.82) is 0 Å². The van der Waals surface area contributed by atoms with Gasteiger partial charge in [-0.1, -0.05) is 0 Å². The number of H-pyrrole nitrogens is 1. The predicted molar refractivity (Wildman–Crippen MR) is 134 cm³/mol. The molecule has 1 fully saturated rings. The third-order valence-electron chi connectivity index (χ3n) is 6.07. The SMILES string of the molecule is BC(B)(B)Oc1nc(N[C@H]2CC[C@@](C)(O)CC2)nc2[nH]cc(-c3ccc4ncc(F)n4c3)c12. The number of imidazole rings is 1. The third-order valence-corrected chi connectivity index (χ3v) is 6.07. The lowest BCUT2D eigenvalue weighted by molar-refractivity contribution is 0.0195. The number of aromatic amines is 1. The van der Waals surface area contributed by atoms with Gasteiger partial charge >= 0.3 is 0 Å². The molecule has 33 heavy (non-hydrogen) atoms. The highest BCUT2D eigenvalue weighted by molar-refractivity contribution is 6.58. The van der Waals surface area contributed by atoms with Crippen LogP contribution in [0.4, 0.5) is 10.3 Å². The zero-order valence-electron chi connectivity index (χ0n) is 19.3. The predicted octanol–water partition coefficient (Wildman–Crippen LogP) is 0.407. The Kier molecular flexibility index (Phi) is 5.15. The van der Waals surface area contributed by atoms with Gasteiger partial charge in [-0.3, -0.25) is 4.40 Å². The van der Waals surface area contributed by atoms with Gasteiger partial charge in [-0.05, 0) is 44.7 Å². The molecule has 0 aliphatic heterocycles. The Morgan fingerprint density at radius 3 is 2.76 bits per heavy atom. The number of pyridine rings is 1. The van der Waals surface area contributed by atoms with Crippen LogP contribution in [-0.4, -0.2) is 69.9 Å². The molecule has 0 saturated heterocycles. The molecule has 0 unspecified atom stereocenters. The Morgan fingerprint density at radius 2 is 2.03 bits per heavy atom. The van der Waals surface area contributed by atoms with Gasteiger partial charge in [0.15, 0.2) is 0 Å². The second kappa shape index (κ2) is 7.79. The van der Waals surface area contributed by atoms with Crippen molar-refractivity contribution in [2.24, 2.45) is 0 Å². The summed E-state index contributed by atoms with van der Waals surface area (Å²) in [5.74, 6) is 0.519. The van der Waals surface area contributed by atoms with E-state index in [1.807, 2.05) is 42.7 Å². The Morgan fingerprint density at radius 1 is 1.27 bits per heavy atom. The molecule has 3 N–H and O–H groups in total. The smallest absolute Gasteiger partial charge is 0.228 e. The third kappa shape index (κ3) is 4.44. The van der Waals surface area contributed by atoms with E-state index in [0.717, 1.165) is 42.2 Å². The van der Waals surface area contributed by atoms with E-state index >= 15 is 0 Å². The van der Waals surface area contributed by atoms with Crippen LogP contribution in [-0.2, 0) is 0 Å². The molecule has 0 spiro atoms. The summed E-state index contributed by atoms with van der Waals surface area (Å²) in [6, 6.07) is 3.85. The Balaban J connectivity index is 1.55. The molecule has 0 bridgehead atoms. The Hall–Kier alpha value is -3.01. The fourth-order valence-electron chi connectivity index (χ4n) is 4.33. The molecule has 1 aliphatic carbocycles. The highest BCUT2D eigenvalue weighted by Crippen LogP contribution is 2.36. The Labute approximate surface area is 193 Å². The summed E-state index contributed by atoms with van der Waals surface area (Å²) in [7, 11) is 5.91. The van der Waals surface area contributed by atoms with Crippen molar-refractivity contribution in [2.75, 3.05) is 5.32 Å². The molecule has 4 aromatic rings. The second-order valence-electron chi connectivity index (χ2n) is 10.1. The minimum absolute atomic E-state index is 0.186. The van der Waals surface area contributed by atoms with Crippen molar-refractivity contribution >= 4 is 46.2 Å². The maximum Gasteiger partial charge on any atom is 0.228 e. The summed E-state index contributed by atoms with van der Waals surface area (Å²) in [5.41, 5.74) is 2.18. The highest BCUT2D eigenvalue weighted by Gasteiger charge is 2.29. The number of nitrogens with zero attached hydrogens (tertiary/aromatic N) is 4. The lowest BCUT2D eigenvalue weighted by Gasteiger charge is -2.33. The summed E-state index contributed by atoms with van der Waals surface area (Å²) in [4.78, 5) is 16.7. The van der Waals surface area contributed by atoms with E-state index in [1.54, 1.807) is 12.3 Å². The Bertz CT molecular complexity index is 1320. The molecule has 5 rings (SSSR count). The number of fused-ring (bicyclic) bond motifs is 2. The summed E-state index contributed by atoms with van der Waals surface area (Å²) in [6.07, 6.45) is 7.91. The van der Waals surface area contributed by atoms with Gasteiger partial charge < -0.3 is 20.1 Å². The molecule has 0 amide bonds. The van der Waals surface area contributed by atoms with Crippen molar-refractivity contribution in [3.63, 3.8) is 0 Å². The van der Waals surface area contributed by atoms with Gasteiger partial charge in [0, 0.05) is 34.9 Å². The molecular weight excluding hydrogens is 420 g/mol. The number of hydrogen-bond acceptors (Lipinski definition) is 6. The van der Waals surface area contributed by atoms with Gasteiger partial charge in [0.2, 0.25) is 17.8 Å². The number of halogens is 1. The van der Waals surface area contributed by atoms with Crippen LogP contribution in [0.1, 0.15) is 32.6 Å². The lowest BCUT2D eigenvalue weighted by atomic mass is 9.52. The average Bonchev–Trinajstić information content (AvgIpc) is 3.32. The number of anilines is 1. The molecule has 12 heteroatoms. The fraction of sp³-hybridized carbons (Fsp3) is 0.381. The molecule has 4 aromatic heterocycles. The van der Waals surface area contributed by atoms with E-state index in [-0.39, 0.29) is 6.04 Å². The van der Waals surface area contributed by atoms with Crippen LogP contribution in [0.3, 0.4) is 0 Å². The lowest BCUT2D eigenvalue weighted by Crippen LogP contribution is -2.38. The minimum Gasteiger partial charge on any atom is -0.498 e. The maximum absolute atomic E-state index is 14.1. The summed E-state index contributed by atoms with van der Waals surface area (Å²) >= 11 is 0. The normalized spacial score (nSPS) is 21.5. The minimum atomic E-state index is -0.604. The van der Waals surface area contributed by atoms with Crippen molar-refractivity contribution in [3.05, 3.63) is 36.7 Å². The van der Waals surface area contributed by atoms with Gasteiger partial charge in [0.1, 0.15) is 34.8 Å². The van der Waals surface area contributed by atoms with Crippen LogP contribution in [0, 0.1) is 5.95 Å². The van der Waals surface area contributed by atoms with E-state index in [1.165, 1.54) is 10.6 Å². The molecule has 4 heterocycles. The van der Waals surface area contributed by atoms with Crippen molar-refractivity contribution in [1.82, 2.24) is 24.3 Å². The first-order valence-electron chi connectivity index (χ1n) is 11.3. The van der Waals surface area contributed by atoms with Crippen LogP contribution in [0.5, 0.6) is 5.88 Å². The van der Waals surface area contributed by atoms with E-state index in [9.17, 15) is 9.50 Å². The molecule has 0 atom stereocenters. The highest BCUT2D eigenvalue weighted by atomic mass is 19.1. The number of ether oxygens (including phenoxy) is 1. The van der Waals surface area contributed by atoms with E-state index < -0.39 is 16.8 Å². The number of aliphatic hydroxyl groups is 1. The van der Waals surface area contributed by atoms with Gasteiger partial charge in [-0.15, -0.1) is 0 Å². The molecule has 0 radical (unpaired) electrons. The first-order valence-corrected chi connectivity index (χ1v) is 11.3. The summed E-state index contributed by atoms with van der Waals surface area (Å²) < 4.78 is 21.8. The van der Waals surface area contributed by atoms with Gasteiger partial charge in [0.05, 0.1) is 17.2 Å². The molecular formula is C21H26B3FN6O2. The van der Waals surface area contributed by atoms with Crippen LogP contribution in [0.25, 0.3) is 27.8 Å². The zero-order chi connectivity index (χ0) is 23.4. The zero-order valence-corrected chi connectivity index (χ0v) is 19.3. The largest absolute Gasteiger partial charge is 0.498 e. The molecule has 0 aromatic carbocycles. The number of hydrogen-bond donors (Lipinski definition) is 3. The van der Waals surface area contributed by atoms with Gasteiger partial charge in [-0.25, -0.2) is 4.98 Å². The van der Waals surface area contributed by atoms with E-state index in [0.29, 0.717) is 23.1 Å². The van der Waals surface area contributed by atoms with Gasteiger partial charge in [-0.2, -0.15) is 14.4 Å². The van der Waals surface area contributed by atoms with Crippen LogP contribution >= 0.6 is 0 Å².